The van der Waals surface area contributed by atoms with Crippen LogP contribution >= 0.6 is 46.3 Å². The molecule has 1 fully saturated rings. The van der Waals surface area contributed by atoms with Gasteiger partial charge in [-0.25, -0.2) is 4.98 Å². The number of thioether (sulfide) groups is 1. The van der Waals surface area contributed by atoms with Crippen LogP contribution in [0.15, 0.2) is 27.9 Å². The van der Waals surface area contributed by atoms with Crippen LogP contribution in [0.25, 0.3) is 0 Å². The molecule has 0 aliphatic carbocycles. The maximum absolute atomic E-state index is 12.3. The predicted octanol–water partition coefficient (Wildman–Crippen LogP) is 4.31. The third-order valence-corrected chi connectivity index (χ3v) is 6.83. The van der Waals surface area contributed by atoms with E-state index in [1.54, 1.807) is 49.4 Å². The Morgan fingerprint density at radius 1 is 1.34 bits per heavy atom. The number of thiazole rings is 1. The van der Waals surface area contributed by atoms with E-state index in [4.69, 9.17) is 27.9 Å². The second-order valence-electron chi connectivity index (χ2n) is 6.74. The van der Waals surface area contributed by atoms with Crippen LogP contribution in [0.4, 0.5) is 0 Å². The normalized spacial score (nSPS) is 16.3. The highest BCUT2D eigenvalue weighted by Crippen LogP contribution is 2.27. The van der Waals surface area contributed by atoms with Crippen LogP contribution in [-0.4, -0.2) is 65.6 Å². The average Bonchev–Trinajstić information content (AvgIpc) is 3.26. The molecule has 2 aromatic rings. The molecule has 0 N–H and O–H groups in total. The molecule has 1 aliphatic rings. The average molecular weight is 474 g/mol. The van der Waals surface area contributed by atoms with E-state index in [0.717, 1.165) is 10.8 Å². The number of benzene rings is 1. The van der Waals surface area contributed by atoms with Crippen LogP contribution in [0, 0.1) is 0 Å². The maximum Gasteiger partial charge on any atom is 0.272 e. The quantitative estimate of drug-likeness (QED) is 0.534. The Bertz CT molecular complexity index is 871. The van der Waals surface area contributed by atoms with Crippen molar-refractivity contribution in [3.8, 4) is 5.75 Å². The van der Waals surface area contributed by atoms with Crippen LogP contribution in [-0.2, 0) is 4.79 Å². The van der Waals surface area contributed by atoms with Gasteiger partial charge in [-0.15, -0.1) is 11.3 Å². The van der Waals surface area contributed by atoms with Gasteiger partial charge >= 0.3 is 0 Å². The van der Waals surface area contributed by atoms with Gasteiger partial charge in [-0.05, 0) is 24.6 Å². The molecule has 156 valence electrons. The number of hydrogen-bond donors (Lipinski definition) is 0. The van der Waals surface area contributed by atoms with Crippen LogP contribution in [0.5, 0.6) is 5.75 Å². The molecule has 1 aliphatic heterocycles. The summed E-state index contributed by atoms with van der Waals surface area (Å²) in [5.74, 6) is 1.32. The molecule has 6 nitrogen and oxygen atoms in total. The van der Waals surface area contributed by atoms with Gasteiger partial charge in [0.2, 0.25) is 5.91 Å². The van der Waals surface area contributed by atoms with Crippen molar-refractivity contribution in [1.29, 1.82) is 0 Å². The molecule has 0 spiro atoms. The highest BCUT2D eigenvalue weighted by atomic mass is 35.5. The number of amides is 2. The van der Waals surface area contributed by atoms with Gasteiger partial charge in [0.25, 0.3) is 5.91 Å². The van der Waals surface area contributed by atoms with E-state index in [2.05, 4.69) is 4.98 Å². The van der Waals surface area contributed by atoms with E-state index in [1.807, 2.05) is 4.90 Å². The predicted molar refractivity (Wildman–Crippen MR) is 118 cm³/mol. The van der Waals surface area contributed by atoms with E-state index in [-0.39, 0.29) is 17.9 Å². The Morgan fingerprint density at radius 3 is 2.76 bits per heavy atom. The summed E-state index contributed by atoms with van der Waals surface area (Å²) in [6.07, 6.45) is 1.28. The van der Waals surface area contributed by atoms with Crippen molar-refractivity contribution in [3.05, 3.63) is 39.3 Å². The number of carbonyl (C=O) groups excluding carboxylic acids is 2. The van der Waals surface area contributed by atoms with E-state index >= 15 is 0 Å². The van der Waals surface area contributed by atoms with Crippen molar-refractivity contribution in [2.24, 2.45) is 0 Å². The summed E-state index contributed by atoms with van der Waals surface area (Å²) in [6.45, 7) is 0.996. The van der Waals surface area contributed by atoms with E-state index in [9.17, 15) is 9.59 Å². The van der Waals surface area contributed by atoms with Crippen LogP contribution in [0.2, 0.25) is 10.0 Å². The zero-order valence-corrected chi connectivity index (χ0v) is 19.2. The Kier molecular flexibility index (Phi) is 7.67. The maximum atomic E-state index is 12.3. The number of nitrogens with zero attached hydrogens (tertiary/aromatic N) is 3. The van der Waals surface area contributed by atoms with Gasteiger partial charge in [-0.1, -0.05) is 35.0 Å². The summed E-state index contributed by atoms with van der Waals surface area (Å²) in [6, 6.07) is 5.08. The van der Waals surface area contributed by atoms with Crippen LogP contribution in [0.1, 0.15) is 23.3 Å². The lowest BCUT2D eigenvalue weighted by molar-refractivity contribution is -0.129. The lowest BCUT2D eigenvalue weighted by atomic mass is 10.2. The molecule has 2 amide bonds. The minimum absolute atomic E-state index is 0.0167. The molecule has 0 radical (unpaired) electrons. The topological polar surface area (TPSA) is 62.7 Å². The fraction of sp³-hybridized carbons (Fsp3) is 0.421. The smallest absolute Gasteiger partial charge is 0.272 e. The second-order valence-corrected chi connectivity index (χ2v) is 9.82. The van der Waals surface area contributed by atoms with Gasteiger partial charge < -0.3 is 14.5 Å². The third-order valence-electron chi connectivity index (χ3n) is 4.40. The van der Waals surface area contributed by atoms with Crippen molar-refractivity contribution < 1.29 is 14.3 Å². The first-order chi connectivity index (χ1) is 13.8. The highest BCUT2D eigenvalue weighted by Gasteiger charge is 2.31. The Labute approximate surface area is 188 Å². The number of hydrogen-bond acceptors (Lipinski definition) is 6. The van der Waals surface area contributed by atoms with Gasteiger partial charge in [-0.2, -0.15) is 0 Å². The second kappa shape index (κ2) is 10.0. The van der Waals surface area contributed by atoms with E-state index < -0.39 is 0 Å². The number of aromatic nitrogens is 1. The van der Waals surface area contributed by atoms with Crippen molar-refractivity contribution in [1.82, 2.24) is 14.8 Å². The summed E-state index contributed by atoms with van der Waals surface area (Å²) >= 11 is 15.0. The third kappa shape index (κ3) is 6.01. The Morgan fingerprint density at radius 2 is 2.07 bits per heavy atom. The molecule has 10 heteroatoms. The number of halogens is 2. The lowest BCUT2D eigenvalue weighted by Gasteiger charge is -2.24. The first-order valence-electron chi connectivity index (χ1n) is 9.02. The van der Waals surface area contributed by atoms with Gasteiger partial charge in [0.1, 0.15) is 18.1 Å². The van der Waals surface area contributed by atoms with Gasteiger partial charge in [-0.3, -0.25) is 9.59 Å². The Hall–Kier alpha value is -1.48. The standard InChI is InChI=1S/C19H21Cl2N3O3S2/c1-23(2)18(26)16-11-29-19(22-16)28-6-5-24-14(3-4-17(24)25)10-27-15-8-12(20)7-13(21)9-15/h7-9,11,14H,3-6,10H2,1-2H3. The van der Waals surface area contributed by atoms with Gasteiger partial charge in [0, 0.05) is 48.2 Å². The lowest BCUT2D eigenvalue weighted by Crippen LogP contribution is -2.38. The zero-order valence-electron chi connectivity index (χ0n) is 16.1. The monoisotopic (exact) mass is 473 g/mol. The van der Waals surface area contributed by atoms with Crippen molar-refractivity contribution in [2.75, 3.05) is 33.0 Å². The Balaban J connectivity index is 1.51. The minimum Gasteiger partial charge on any atom is -0.491 e. The SMILES string of the molecule is CN(C)C(=O)c1csc(SCCN2C(=O)CCC2COc2cc(Cl)cc(Cl)c2)n1. The first-order valence-corrected chi connectivity index (χ1v) is 11.6. The molecule has 0 bridgehead atoms. The molecule has 29 heavy (non-hydrogen) atoms. The van der Waals surface area contributed by atoms with E-state index in [0.29, 0.717) is 46.8 Å². The summed E-state index contributed by atoms with van der Waals surface area (Å²) in [5.41, 5.74) is 0.450. The summed E-state index contributed by atoms with van der Waals surface area (Å²) in [4.78, 5) is 31.9. The molecule has 0 saturated carbocycles. The molecule has 1 saturated heterocycles. The molecule has 1 unspecified atom stereocenters. The van der Waals surface area contributed by atoms with Crippen LogP contribution in [0.3, 0.4) is 0 Å². The highest BCUT2D eigenvalue weighted by molar-refractivity contribution is 8.01. The van der Waals surface area contributed by atoms with Crippen molar-refractivity contribution in [3.63, 3.8) is 0 Å². The first kappa shape index (κ1) is 22.2. The molecule has 1 aromatic carbocycles. The summed E-state index contributed by atoms with van der Waals surface area (Å²) in [5, 5.41) is 2.79. The molecule has 1 atom stereocenters. The number of carbonyl (C=O) groups is 2. The number of ether oxygens (including phenoxy) is 1. The molecular weight excluding hydrogens is 453 g/mol. The van der Waals surface area contributed by atoms with Crippen LogP contribution < -0.4 is 4.74 Å². The number of rotatable bonds is 8. The molecular formula is C19H21Cl2N3O3S2. The van der Waals surface area contributed by atoms with Gasteiger partial charge in [0.05, 0.1) is 6.04 Å². The van der Waals surface area contributed by atoms with E-state index in [1.165, 1.54) is 16.2 Å². The summed E-state index contributed by atoms with van der Waals surface area (Å²) in [7, 11) is 3.40. The molecule has 1 aromatic heterocycles. The fourth-order valence-electron chi connectivity index (χ4n) is 2.96. The zero-order chi connectivity index (χ0) is 21.0. The number of likely N-dealkylation sites (tertiary alicyclic amines) is 1. The molecule has 3 rings (SSSR count). The summed E-state index contributed by atoms with van der Waals surface area (Å²) < 4.78 is 6.65. The van der Waals surface area contributed by atoms with Gasteiger partial charge in [0.15, 0.2) is 4.34 Å². The fourth-order valence-corrected chi connectivity index (χ4v) is 5.28. The molecule has 2 heterocycles. The van der Waals surface area contributed by atoms with Crippen molar-refractivity contribution >= 4 is 58.1 Å². The van der Waals surface area contributed by atoms with Crippen molar-refractivity contribution in [2.45, 2.75) is 23.2 Å². The minimum atomic E-state index is -0.110. The largest absolute Gasteiger partial charge is 0.491 e.